The molecule has 0 amide bonds. The van der Waals surface area contributed by atoms with E-state index in [-0.39, 0.29) is 11.0 Å². The van der Waals surface area contributed by atoms with Gasteiger partial charge in [-0.15, -0.1) is 0 Å². The van der Waals surface area contributed by atoms with Crippen molar-refractivity contribution in [2.45, 2.75) is 6.54 Å². The van der Waals surface area contributed by atoms with Crippen molar-refractivity contribution in [1.82, 2.24) is 19.5 Å². The topological polar surface area (TPSA) is 63.6 Å². The van der Waals surface area contributed by atoms with Crippen LogP contribution in [0.1, 0.15) is 5.69 Å². The van der Waals surface area contributed by atoms with E-state index in [1.54, 1.807) is 16.8 Å². The normalized spacial score (nSPS) is 10.9. The van der Waals surface area contributed by atoms with Crippen LogP contribution in [0.4, 0.5) is 0 Å². The van der Waals surface area contributed by atoms with Crippen LogP contribution in [0.15, 0.2) is 41.3 Å². The summed E-state index contributed by atoms with van der Waals surface area (Å²) in [6.07, 6.45) is 1.57. The maximum Gasteiger partial charge on any atom is 0.326 e. The van der Waals surface area contributed by atoms with Gasteiger partial charge in [-0.3, -0.25) is 4.57 Å². The molecule has 6 heteroatoms. The molecule has 1 N–H and O–H groups in total. The molecule has 18 heavy (non-hydrogen) atoms. The number of rotatable bonds is 2. The number of nitrogens with zero attached hydrogens (tertiary/aromatic N) is 3. The molecule has 0 bridgehead atoms. The minimum atomic E-state index is -0.161. The van der Waals surface area contributed by atoms with Gasteiger partial charge in [0.05, 0.1) is 23.3 Å². The number of para-hydroxylation sites is 2. The number of imidazole rings is 1. The summed E-state index contributed by atoms with van der Waals surface area (Å²) >= 11 is 5.73. The third-order valence-electron chi connectivity index (χ3n) is 2.69. The van der Waals surface area contributed by atoms with Crippen LogP contribution in [-0.4, -0.2) is 19.5 Å². The van der Waals surface area contributed by atoms with Gasteiger partial charge in [0.1, 0.15) is 0 Å². The lowest BCUT2D eigenvalue weighted by Crippen LogP contribution is -2.18. The molecule has 0 atom stereocenters. The molecule has 3 aromatic rings. The van der Waals surface area contributed by atoms with E-state index in [1.807, 2.05) is 24.3 Å². The Bertz CT molecular complexity index is 762. The Balaban J connectivity index is 2.10. The van der Waals surface area contributed by atoms with Crippen molar-refractivity contribution in [1.29, 1.82) is 0 Å². The summed E-state index contributed by atoms with van der Waals surface area (Å²) in [6, 6.07) is 9.25. The summed E-state index contributed by atoms with van der Waals surface area (Å²) in [6.45, 7) is 0.366. The molecule has 1 aromatic carbocycles. The summed E-state index contributed by atoms with van der Waals surface area (Å²) in [5.41, 5.74) is 2.19. The third kappa shape index (κ3) is 1.89. The first kappa shape index (κ1) is 11.0. The van der Waals surface area contributed by atoms with Gasteiger partial charge >= 0.3 is 5.69 Å². The summed E-state index contributed by atoms with van der Waals surface area (Å²) < 4.78 is 1.62. The van der Waals surface area contributed by atoms with E-state index in [4.69, 9.17) is 11.6 Å². The molecule has 0 spiro atoms. The van der Waals surface area contributed by atoms with Crippen molar-refractivity contribution in [3.8, 4) is 0 Å². The second-order valence-electron chi connectivity index (χ2n) is 3.85. The molecule has 0 saturated heterocycles. The van der Waals surface area contributed by atoms with Crippen LogP contribution in [0.5, 0.6) is 0 Å². The number of halogens is 1. The molecular weight excluding hydrogens is 252 g/mol. The number of fused-ring (bicyclic) bond motifs is 1. The quantitative estimate of drug-likeness (QED) is 0.715. The van der Waals surface area contributed by atoms with Crippen LogP contribution in [0.3, 0.4) is 0 Å². The molecule has 2 aromatic heterocycles. The predicted molar refractivity (Wildman–Crippen MR) is 68.7 cm³/mol. The Kier molecular flexibility index (Phi) is 2.60. The van der Waals surface area contributed by atoms with Crippen molar-refractivity contribution >= 4 is 22.6 Å². The number of H-pyrrole nitrogens is 1. The van der Waals surface area contributed by atoms with Gasteiger partial charge in [-0.1, -0.05) is 12.1 Å². The van der Waals surface area contributed by atoms with E-state index in [2.05, 4.69) is 15.0 Å². The number of aromatic nitrogens is 4. The summed E-state index contributed by atoms with van der Waals surface area (Å²) in [5.74, 6) is 0. The third-order valence-corrected chi connectivity index (χ3v) is 2.87. The van der Waals surface area contributed by atoms with Crippen molar-refractivity contribution in [3.05, 3.63) is 58.0 Å². The van der Waals surface area contributed by atoms with Crippen molar-refractivity contribution in [3.63, 3.8) is 0 Å². The van der Waals surface area contributed by atoms with E-state index in [0.717, 1.165) is 11.0 Å². The zero-order valence-corrected chi connectivity index (χ0v) is 10.1. The lowest BCUT2D eigenvalue weighted by molar-refractivity contribution is 0.761. The Morgan fingerprint density at radius 2 is 2.11 bits per heavy atom. The van der Waals surface area contributed by atoms with Gasteiger partial charge in [0.15, 0.2) is 0 Å². The van der Waals surface area contributed by atoms with Crippen LogP contribution in [-0.2, 0) is 6.54 Å². The molecule has 3 rings (SSSR count). The van der Waals surface area contributed by atoms with Crippen LogP contribution in [0.25, 0.3) is 11.0 Å². The van der Waals surface area contributed by atoms with Gasteiger partial charge in [-0.25, -0.2) is 14.8 Å². The summed E-state index contributed by atoms with van der Waals surface area (Å²) in [4.78, 5) is 22.5. The Morgan fingerprint density at radius 3 is 2.94 bits per heavy atom. The molecule has 0 unspecified atom stereocenters. The number of nitrogens with one attached hydrogen (secondary N) is 1. The molecular formula is C12H9ClN4O. The molecule has 0 radical (unpaired) electrons. The average molecular weight is 261 g/mol. The Hall–Kier alpha value is -2.14. The van der Waals surface area contributed by atoms with Crippen LogP contribution in [0, 0.1) is 0 Å². The zero-order chi connectivity index (χ0) is 12.5. The second kappa shape index (κ2) is 4.27. The highest BCUT2D eigenvalue weighted by Crippen LogP contribution is 2.11. The molecule has 2 heterocycles. The fraction of sp³-hybridized carbons (Fsp3) is 0.0833. The smallest absolute Gasteiger partial charge is 0.306 e. The molecule has 0 aliphatic carbocycles. The number of benzene rings is 1. The Labute approximate surface area is 107 Å². The SMILES string of the molecule is O=c1[nH]c2ccccc2n1Cc1ccnc(Cl)n1. The van der Waals surface area contributed by atoms with Gasteiger partial charge in [-0.05, 0) is 29.8 Å². The van der Waals surface area contributed by atoms with Crippen molar-refractivity contribution < 1.29 is 0 Å². The van der Waals surface area contributed by atoms with E-state index < -0.39 is 0 Å². The van der Waals surface area contributed by atoms with Crippen LogP contribution < -0.4 is 5.69 Å². The minimum absolute atomic E-state index is 0.161. The average Bonchev–Trinajstić information content (AvgIpc) is 2.66. The number of hydrogen-bond donors (Lipinski definition) is 1. The lowest BCUT2D eigenvalue weighted by Gasteiger charge is -2.02. The van der Waals surface area contributed by atoms with Gasteiger partial charge < -0.3 is 4.98 Å². The standard InChI is InChI=1S/C12H9ClN4O/c13-11-14-6-5-8(15-11)7-17-10-4-2-1-3-9(10)16-12(17)18/h1-6H,7H2,(H,16,18). The first-order chi connectivity index (χ1) is 8.74. The largest absolute Gasteiger partial charge is 0.326 e. The first-order valence-corrected chi connectivity index (χ1v) is 5.77. The lowest BCUT2D eigenvalue weighted by atomic mass is 10.3. The highest BCUT2D eigenvalue weighted by molar-refractivity contribution is 6.28. The van der Waals surface area contributed by atoms with Gasteiger partial charge in [0.25, 0.3) is 0 Å². The predicted octanol–water partition coefficient (Wildman–Crippen LogP) is 1.82. The van der Waals surface area contributed by atoms with E-state index in [1.165, 1.54) is 0 Å². The fourth-order valence-corrected chi connectivity index (χ4v) is 2.05. The second-order valence-corrected chi connectivity index (χ2v) is 4.19. The minimum Gasteiger partial charge on any atom is -0.306 e. The summed E-state index contributed by atoms with van der Waals surface area (Å²) in [7, 11) is 0. The van der Waals surface area contributed by atoms with Crippen molar-refractivity contribution in [2.75, 3.05) is 0 Å². The van der Waals surface area contributed by atoms with E-state index in [9.17, 15) is 4.79 Å². The molecule has 5 nitrogen and oxygen atoms in total. The van der Waals surface area contributed by atoms with Crippen molar-refractivity contribution in [2.24, 2.45) is 0 Å². The molecule has 0 fully saturated rings. The number of hydrogen-bond acceptors (Lipinski definition) is 3. The van der Waals surface area contributed by atoms with E-state index >= 15 is 0 Å². The Morgan fingerprint density at radius 1 is 1.28 bits per heavy atom. The van der Waals surface area contributed by atoms with Gasteiger partial charge in [0, 0.05) is 6.20 Å². The van der Waals surface area contributed by atoms with Gasteiger partial charge in [0.2, 0.25) is 5.28 Å². The fourth-order valence-electron chi connectivity index (χ4n) is 1.88. The molecule has 0 aliphatic rings. The highest BCUT2D eigenvalue weighted by Gasteiger charge is 2.07. The molecule has 90 valence electrons. The summed E-state index contributed by atoms with van der Waals surface area (Å²) in [5, 5.41) is 0.181. The van der Waals surface area contributed by atoms with Crippen LogP contribution >= 0.6 is 11.6 Å². The maximum atomic E-state index is 11.9. The van der Waals surface area contributed by atoms with Crippen LogP contribution in [0.2, 0.25) is 5.28 Å². The van der Waals surface area contributed by atoms with E-state index in [0.29, 0.717) is 12.2 Å². The molecule has 0 saturated carbocycles. The molecule has 0 aliphatic heterocycles. The number of aromatic amines is 1. The maximum absolute atomic E-state index is 11.9. The van der Waals surface area contributed by atoms with Gasteiger partial charge in [-0.2, -0.15) is 0 Å². The zero-order valence-electron chi connectivity index (χ0n) is 9.30. The first-order valence-electron chi connectivity index (χ1n) is 5.39. The monoisotopic (exact) mass is 260 g/mol. The highest BCUT2D eigenvalue weighted by atomic mass is 35.5.